The van der Waals surface area contributed by atoms with Gasteiger partial charge in [0.25, 0.3) is 0 Å². The maximum absolute atomic E-state index is 8.43. The van der Waals surface area contributed by atoms with Crippen LogP contribution in [0.1, 0.15) is 6.92 Å². The normalized spacial score (nSPS) is 9.50. The van der Waals surface area contributed by atoms with Crippen LogP contribution < -0.4 is 0 Å². The smallest absolute Gasteiger partial charge is 0.0745 e. The van der Waals surface area contributed by atoms with Gasteiger partial charge in [0.15, 0.2) is 0 Å². The third-order valence-corrected chi connectivity index (χ3v) is 0.408. The first-order chi connectivity index (χ1) is 4.77. The average molecular weight is 146 g/mol. The minimum absolute atomic E-state index is 0.324. The lowest BCUT2D eigenvalue weighted by Gasteiger charge is -1.97. The SMILES string of the molecule is C=C.C=C.COCC(C)O. The molecule has 0 aliphatic carbocycles. The maximum Gasteiger partial charge on any atom is 0.0745 e. The Morgan fingerprint density at radius 2 is 1.60 bits per heavy atom. The molecule has 0 aromatic carbocycles. The number of methoxy groups -OCH3 is 1. The van der Waals surface area contributed by atoms with Crippen molar-refractivity contribution < 1.29 is 9.84 Å². The third-order valence-electron chi connectivity index (χ3n) is 0.408. The number of rotatable bonds is 2. The van der Waals surface area contributed by atoms with Gasteiger partial charge in [-0.05, 0) is 6.92 Å². The van der Waals surface area contributed by atoms with Crippen LogP contribution >= 0.6 is 0 Å². The molecule has 0 aliphatic rings. The van der Waals surface area contributed by atoms with E-state index in [4.69, 9.17) is 5.11 Å². The van der Waals surface area contributed by atoms with Crippen LogP contribution in [0.25, 0.3) is 0 Å². The van der Waals surface area contributed by atoms with Crippen LogP contribution in [0.4, 0.5) is 0 Å². The first kappa shape index (κ1) is 16.2. The summed E-state index contributed by atoms with van der Waals surface area (Å²) in [7, 11) is 1.56. The van der Waals surface area contributed by atoms with Crippen molar-refractivity contribution in [2.45, 2.75) is 13.0 Å². The predicted molar refractivity (Wildman–Crippen MR) is 46.1 cm³/mol. The van der Waals surface area contributed by atoms with Crippen molar-refractivity contribution in [3.63, 3.8) is 0 Å². The van der Waals surface area contributed by atoms with Crippen molar-refractivity contribution in [2.75, 3.05) is 13.7 Å². The van der Waals surface area contributed by atoms with Crippen LogP contribution in [0.2, 0.25) is 0 Å². The van der Waals surface area contributed by atoms with Gasteiger partial charge >= 0.3 is 0 Å². The third kappa shape index (κ3) is 52.6. The molecule has 2 heteroatoms. The lowest BCUT2D eigenvalue weighted by atomic mass is 10.5. The van der Waals surface area contributed by atoms with Crippen LogP contribution in [0, 0.1) is 0 Å². The van der Waals surface area contributed by atoms with E-state index < -0.39 is 0 Å². The minimum atomic E-state index is -0.324. The summed E-state index contributed by atoms with van der Waals surface area (Å²) in [6.45, 7) is 14.1. The second kappa shape index (κ2) is 23.8. The number of hydrogen-bond donors (Lipinski definition) is 1. The van der Waals surface area contributed by atoms with Gasteiger partial charge in [0.2, 0.25) is 0 Å². The van der Waals surface area contributed by atoms with Crippen molar-refractivity contribution in [1.29, 1.82) is 0 Å². The van der Waals surface area contributed by atoms with Crippen molar-refractivity contribution in [1.82, 2.24) is 0 Å². The fraction of sp³-hybridized carbons (Fsp3) is 0.500. The summed E-state index contributed by atoms with van der Waals surface area (Å²) in [4.78, 5) is 0. The van der Waals surface area contributed by atoms with Crippen molar-refractivity contribution >= 4 is 0 Å². The van der Waals surface area contributed by atoms with Crippen molar-refractivity contribution in [2.24, 2.45) is 0 Å². The van der Waals surface area contributed by atoms with Crippen LogP contribution in [0.3, 0.4) is 0 Å². The Labute approximate surface area is 63.8 Å². The molecular formula is C8H18O2. The molecular weight excluding hydrogens is 128 g/mol. The van der Waals surface area contributed by atoms with E-state index in [1.54, 1.807) is 14.0 Å². The van der Waals surface area contributed by atoms with Gasteiger partial charge in [-0.1, -0.05) is 0 Å². The predicted octanol–water partition coefficient (Wildman–Crippen LogP) is 1.62. The van der Waals surface area contributed by atoms with E-state index in [9.17, 15) is 0 Å². The summed E-state index contributed by atoms with van der Waals surface area (Å²) in [6.07, 6.45) is -0.324. The van der Waals surface area contributed by atoms with E-state index in [1.807, 2.05) is 0 Å². The summed E-state index contributed by atoms with van der Waals surface area (Å²) < 4.78 is 4.55. The van der Waals surface area contributed by atoms with Crippen LogP contribution in [-0.2, 0) is 4.74 Å². The van der Waals surface area contributed by atoms with Gasteiger partial charge in [-0.25, -0.2) is 0 Å². The molecule has 2 nitrogen and oxygen atoms in total. The zero-order chi connectivity index (χ0) is 8.99. The highest BCUT2D eigenvalue weighted by atomic mass is 16.5. The van der Waals surface area contributed by atoms with E-state index in [1.165, 1.54) is 0 Å². The molecule has 0 saturated carbocycles. The fourth-order valence-corrected chi connectivity index (χ4v) is 0.241. The zero-order valence-electron chi connectivity index (χ0n) is 6.97. The van der Waals surface area contributed by atoms with Crippen LogP contribution in [0.5, 0.6) is 0 Å². The molecule has 0 aliphatic heterocycles. The Kier molecular flexibility index (Phi) is 38.5. The van der Waals surface area contributed by atoms with E-state index in [0.29, 0.717) is 6.61 Å². The molecule has 0 fully saturated rings. The summed E-state index contributed by atoms with van der Waals surface area (Å²) in [5.74, 6) is 0. The molecule has 10 heavy (non-hydrogen) atoms. The highest BCUT2D eigenvalue weighted by Crippen LogP contribution is 1.75. The molecule has 0 rings (SSSR count). The quantitative estimate of drug-likeness (QED) is 0.600. The molecule has 0 saturated heterocycles. The van der Waals surface area contributed by atoms with Gasteiger partial charge in [0.1, 0.15) is 0 Å². The monoisotopic (exact) mass is 146 g/mol. The lowest BCUT2D eigenvalue weighted by Crippen LogP contribution is -2.07. The Hall–Kier alpha value is -0.600. The van der Waals surface area contributed by atoms with Gasteiger partial charge in [-0.3, -0.25) is 0 Å². The summed E-state index contributed by atoms with van der Waals surface area (Å²) in [6, 6.07) is 0. The van der Waals surface area contributed by atoms with Crippen molar-refractivity contribution in [3.8, 4) is 0 Å². The topological polar surface area (TPSA) is 29.5 Å². The standard InChI is InChI=1S/C4H10O2.2C2H4/c1-4(5)3-6-2;2*1-2/h4-5H,3H2,1-2H3;2*1-2H2. The number of ether oxygens (including phenoxy) is 1. The highest BCUT2D eigenvalue weighted by Gasteiger charge is 1.87. The van der Waals surface area contributed by atoms with Gasteiger partial charge in [0, 0.05) is 7.11 Å². The van der Waals surface area contributed by atoms with Gasteiger partial charge in [-0.2, -0.15) is 0 Å². The Bertz CT molecular complexity index is 42.5. The first-order valence-electron chi connectivity index (χ1n) is 2.94. The summed E-state index contributed by atoms with van der Waals surface area (Å²) in [5.41, 5.74) is 0. The average Bonchev–Trinajstić information content (AvgIpc) is 1.96. The zero-order valence-corrected chi connectivity index (χ0v) is 6.97. The molecule has 0 spiro atoms. The number of aliphatic hydroxyl groups is 1. The van der Waals surface area contributed by atoms with Crippen molar-refractivity contribution in [3.05, 3.63) is 26.3 Å². The summed E-state index contributed by atoms with van der Waals surface area (Å²) in [5, 5.41) is 8.43. The Morgan fingerprint density at radius 1 is 1.30 bits per heavy atom. The van der Waals surface area contributed by atoms with E-state index >= 15 is 0 Å². The molecule has 1 N–H and O–H groups in total. The summed E-state index contributed by atoms with van der Waals surface area (Å²) >= 11 is 0. The van der Waals surface area contributed by atoms with E-state index in [0.717, 1.165) is 0 Å². The van der Waals surface area contributed by atoms with Crippen LogP contribution in [0.15, 0.2) is 26.3 Å². The molecule has 1 unspecified atom stereocenters. The maximum atomic E-state index is 8.43. The molecule has 0 aromatic heterocycles. The fourth-order valence-electron chi connectivity index (χ4n) is 0.241. The highest BCUT2D eigenvalue weighted by molar-refractivity contribution is 4.36. The van der Waals surface area contributed by atoms with Gasteiger partial charge in [-0.15, -0.1) is 26.3 Å². The second-order valence-electron chi connectivity index (χ2n) is 1.30. The largest absolute Gasteiger partial charge is 0.391 e. The Balaban J connectivity index is -0.000000105. The van der Waals surface area contributed by atoms with Gasteiger partial charge in [0.05, 0.1) is 12.7 Å². The lowest BCUT2D eigenvalue weighted by molar-refractivity contribution is 0.0765. The molecule has 1 atom stereocenters. The number of aliphatic hydroxyl groups excluding tert-OH is 1. The first-order valence-corrected chi connectivity index (χ1v) is 2.94. The van der Waals surface area contributed by atoms with Crippen LogP contribution in [-0.4, -0.2) is 24.9 Å². The molecule has 62 valence electrons. The van der Waals surface area contributed by atoms with E-state index in [-0.39, 0.29) is 6.10 Å². The number of hydrogen-bond acceptors (Lipinski definition) is 2. The Morgan fingerprint density at radius 3 is 1.60 bits per heavy atom. The molecule has 0 aromatic rings. The minimum Gasteiger partial charge on any atom is -0.391 e. The second-order valence-corrected chi connectivity index (χ2v) is 1.30. The molecule has 0 heterocycles. The van der Waals surface area contributed by atoms with E-state index in [2.05, 4.69) is 31.1 Å². The molecule has 0 radical (unpaired) electrons. The molecule has 0 bridgehead atoms. The van der Waals surface area contributed by atoms with Gasteiger partial charge < -0.3 is 9.84 Å². The molecule has 0 amide bonds.